The zero-order valence-corrected chi connectivity index (χ0v) is 12.5. The second-order valence-corrected chi connectivity index (χ2v) is 5.33. The van der Waals surface area contributed by atoms with E-state index < -0.39 is 17.6 Å². The van der Waals surface area contributed by atoms with Crippen molar-refractivity contribution in [3.63, 3.8) is 0 Å². The van der Waals surface area contributed by atoms with E-state index in [-0.39, 0.29) is 12.1 Å². The van der Waals surface area contributed by atoms with Crippen molar-refractivity contribution in [1.29, 1.82) is 0 Å². The predicted molar refractivity (Wildman–Crippen MR) is 79.0 cm³/mol. The molecule has 0 spiro atoms. The Morgan fingerprint density at radius 1 is 1.39 bits per heavy atom. The first-order chi connectivity index (χ1) is 10.7. The number of rotatable bonds is 3. The van der Waals surface area contributed by atoms with Crippen LogP contribution in [0, 0.1) is 5.82 Å². The Balaban J connectivity index is 2.40. The summed E-state index contributed by atoms with van der Waals surface area (Å²) in [7, 11) is 0. The fraction of sp³-hybridized carbons (Fsp3) is 0.333. The molecule has 0 aliphatic carbocycles. The number of hydrogen-bond donors (Lipinski definition) is 3. The molecule has 0 fully saturated rings. The number of hydrogen-bond acceptors (Lipinski definition) is 4. The highest BCUT2D eigenvalue weighted by atomic mass is 19.4. The summed E-state index contributed by atoms with van der Waals surface area (Å²) in [6.07, 6.45) is -2.97. The van der Waals surface area contributed by atoms with Gasteiger partial charge < -0.3 is 21.7 Å². The topological polar surface area (TPSA) is 67.3 Å². The van der Waals surface area contributed by atoms with Gasteiger partial charge in [0.15, 0.2) is 0 Å². The van der Waals surface area contributed by atoms with Crippen LogP contribution in [0.25, 0.3) is 0 Å². The first-order valence-corrected chi connectivity index (χ1v) is 6.96. The van der Waals surface area contributed by atoms with Crippen LogP contribution in [0.4, 0.5) is 17.6 Å². The van der Waals surface area contributed by atoms with Crippen LogP contribution in [0.2, 0.25) is 0 Å². The van der Waals surface area contributed by atoms with Crippen LogP contribution in [-0.2, 0) is 12.7 Å². The van der Waals surface area contributed by atoms with E-state index >= 15 is 0 Å². The van der Waals surface area contributed by atoms with Crippen molar-refractivity contribution in [1.82, 2.24) is 10.2 Å². The van der Waals surface area contributed by atoms with E-state index in [1.54, 1.807) is 17.9 Å². The third kappa shape index (κ3) is 4.08. The number of nitrogens with two attached hydrogens (primary N) is 2. The van der Waals surface area contributed by atoms with Gasteiger partial charge in [0.25, 0.3) is 0 Å². The zero-order chi connectivity index (χ0) is 17.2. The van der Waals surface area contributed by atoms with Gasteiger partial charge in [0.1, 0.15) is 11.6 Å². The monoisotopic (exact) mass is 330 g/mol. The fourth-order valence-corrected chi connectivity index (χ4v) is 2.43. The van der Waals surface area contributed by atoms with Crippen LogP contribution in [0.1, 0.15) is 18.1 Å². The second-order valence-electron chi connectivity index (χ2n) is 5.33. The van der Waals surface area contributed by atoms with Crippen molar-refractivity contribution < 1.29 is 17.6 Å². The molecule has 0 bridgehead atoms. The van der Waals surface area contributed by atoms with Crippen LogP contribution >= 0.6 is 0 Å². The number of nitrogens with zero attached hydrogens (tertiary/aromatic N) is 1. The Kier molecular flexibility index (Phi) is 4.72. The molecule has 0 saturated heterocycles. The van der Waals surface area contributed by atoms with E-state index in [0.29, 0.717) is 30.3 Å². The molecule has 0 aromatic heterocycles. The van der Waals surface area contributed by atoms with Crippen molar-refractivity contribution in [3.05, 3.63) is 58.4 Å². The summed E-state index contributed by atoms with van der Waals surface area (Å²) < 4.78 is 52.7. The van der Waals surface area contributed by atoms with E-state index in [2.05, 4.69) is 5.32 Å². The average Bonchev–Trinajstić information content (AvgIpc) is 2.41. The SMILES string of the molecule is C/C(N)=C/C1=C(N)NCCN1Cc1cc(F)ccc1C(F)(F)F. The van der Waals surface area contributed by atoms with E-state index in [4.69, 9.17) is 11.5 Å². The molecule has 23 heavy (non-hydrogen) atoms. The maximum absolute atomic E-state index is 13.4. The Labute approximate surface area is 131 Å². The molecule has 1 aromatic rings. The quantitative estimate of drug-likeness (QED) is 0.744. The first-order valence-electron chi connectivity index (χ1n) is 6.96. The summed E-state index contributed by atoms with van der Waals surface area (Å²) in [5.41, 5.74) is 11.5. The smallest absolute Gasteiger partial charge is 0.402 e. The summed E-state index contributed by atoms with van der Waals surface area (Å²) in [5.74, 6) is -0.391. The minimum atomic E-state index is -4.55. The molecule has 0 atom stereocenters. The van der Waals surface area contributed by atoms with E-state index in [9.17, 15) is 17.6 Å². The number of benzene rings is 1. The van der Waals surface area contributed by atoms with Crippen LogP contribution in [0.5, 0.6) is 0 Å². The maximum atomic E-state index is 13.4. The molecule has 1 aliphatic rings. The third-order valence-corrected chi connectivity index (χ3v) is 3.41. The van der Waals surface area contributed by atoms with Gasteiger partial charge in [0, 0.05) is 25.3 Å². The lowest BCUT2D eigenvalue weighted by atomic mass is 10.1. The highest BCUT2D eigenvalue weighted by Crippen LogP contribution is 2.33. The lowest BCUT2D eigenvalue weighted by Crippen LogP contribution is -2.41. The molecule has 0 amide bonds. The molecule has 0 radical (unpaired) electrons. The van der Waals surface area contributed by atoms with Crippen molar-refractivity contribution in [3.8, 4) is 0 Å². The number of allylic oxidation sites excluding steroid dienone is 2. The van der Waals surface area contributed by atoms with E-state index in [1.807, 2.05) is 0 Å². The second kappa shape index (κ2) is 6.39. The maximum Gasteiger partial charge on any atom is 0.416 e. The fourth-order valence-electron chi connectivity index (χ4n) is 2.43. The highest BCUT2D eigenvalue weighted by Gasteiger charge is 2.34. The highest BCUT2D eigenvalue weighted by molar-refractivity contribution is 5.33. The molecule has 4 nitrogen and oxygen atoms in total. The van der Waals surface area contributed by atoms with Crippen molar-refractivity contribution in [2.75, 3.05) is 13.1 Å². The summed E-state index contributed by atoms with van der Waals surface area (Å²) >= 11 is 0. The van der Waals surface area contributed by atoms with Crippen LogP contribution in [0.15, 0.2) is 41.5 Å². The summed E-state index contributed by atoms with van der Waals surface area (Å²) in [6, 6.07) is 2.46. The average molecular weight is 330 g/mol. The molecule has 0 saturated carbocycles. The molecule has 2 rings (SSSR count). The van der Waals surface area contributed by atoms with Gasteiger partial charge in [-0.2, -0.15) is 13.2 Å². The van der Waals surface area contributed by atoms with Crippen LogP contribution in [0.3, 0.4) is 0 Å². The van der Waals surface area contributed by atoms with Crippen LogP contribution in [-0.4, -0.2) is 18.0 Å². The Morgan fingerprint density at radius 2 is 2.09 bits per heavy atom. The van der Waals surface area contributed by atoms with Crippen molar-refractivity contribution in [2.45, 2.75) is 19.6 Å². The summed E-state index contributed by atoms with van der Waals surface area (Å²) in [4.78, 5) is 1.65. The molecule has 1 heterocycles. The Morgan fingerprint density at radius 3 is 2.70 bits per heavy atom. The van der Waals surface area contributed by atoms with Crippen molar-refractivity contribution in [2.24, 2.45) is 11.5 Å². The van der Waals surface area contributed by atoms with Gasteiger partial charge in [-0.25, -0.2) is 4.39 Å². The number of halogens is 4. The largest absolute Gasteiger partial charge is 0.416 e. The van der Waals surface area contributed by atoms with E-state index in [0.717, 1.165) is 18.2 Å². The predicted octanol–water partition coefficient (Wildman–Crippen LogP) is 2.24. The van der Waals surface area contributed by atoms with Gasteiger partial charge in [0.05, 0.1) is 11.3 Å². The minimum absolute atomic E-state index is 0.117. The summed E-state index contributed by atoms with van der Waals surface area (Å²) in [6.45, 7) is 2.43. The lowest BCUT2D eigenvalue weighted by Gasteiger charge is -2.32. The van der Waals surface area contributed by atoms with Gasteiger partial charge in [0.2, 0.25) is 0 Å². The molecule has 1 aromatic carbocycles. The van der Waals surface area contributed by atoms with Gasteiger partial charge >= 0.3 is 6.18 Å². The standard InChI is InChI=1S/C15H18F4N4/c1-9(20)6-13-14(21)22-4-5-23(13)8-10-7-11(16)2-3-12(10)15(17,18)19/h2-3,6-7,22H,4-5,8,20-21H2,1H3/b9-6-. The Bertz CT molecular complexity index is 645. The summed E-state index contributed by atoms with van der Waals surface area (Å²) in [5, 5.41) is 2.93. The van der Waals surface area contributed by atoms with Crippen molar-refractivity contribution >= 4 is 0 Å². The third-order valence-electron chi connectivity index (χ3n) is 3.41. The molecule has 5 N–H and O–H groups in total. The van der Waals surface area contributed by atoms with Crippen LogP contribution < -0.4 is 16.8 Å². The lowest BCUT2D eigenvalue weighted by molar-refractivity contribution is -0.138. The zero-order valence-electron chi connectivity index (χ0n) is 12.5. The molecule has 126 valence electrons. The molecular weight excluding hydrogens is 312 g/mol. The molecule has 1 aliphatic heterocycles. The minimum Gasteiger partial charge on any atom is -0.402 e. The number of alkyl halides is 3. The normalized spacial score (nSPS) is 16.6. The molecule has 0 unspecified atom stereocenters. The van der Waals surface area contributed by atoms with Gasteiger partial charge in [-0.3, -0.25) is 0 Å². The number of nitrogens with one attached hydrogen (secondary N) is 1. The van der Waals surface area contributed by atoms with E-state index in [1.165, 1.54) is 0 Å². The van der Waals surface area contributed by atoms with Gasteiger partial charge in [-0.15, -0.1) is 0 Å². The Hall–Kier alpha value is -2.38. The first kappa shape index (κ1) is 17.0. The molecular formula is C15H18F4N4. The van der Waals surface area contributed by atoms with Gasteiger partial charge in [-0.1, -0.05) is 0 Å². The van der Waals surface area contributed by atoms with Gasteiger partial charge in [-0.05, 0) is 36.8 Å². The molecule has 8 heteroatoms.